The number of rotatable bonds is 2. The van der Waals surface area contributed by atoms with Crippen molar-refractivity contribution in [2.45, 2.75) is 138 Å². The molecule has 0 spiro atoms. The lowest BCUT2D eigenvalue weighted by Gasteiger charge is -2.86. The Hall–Kier alpha value is 0. The second kappa shape index (κ2) is 6.17. The Labute approximate surface area is 222 Å². The van der Waals surface area contributed by atoms with Crippen molar-refractivity contribution < 1.29 is 0 Å². The molecule has 12 fully saturated rings. The molecule has 12 saturated carbocycles. The van der Waals surface area contributed by atoms with Gasteiger partial charge in [-0.15, -0.1) is 0 Å². The topological polar surface area (TPSA) is 0 Å². The molecule has 0 aromatic rings. The molecule has 0 N–H and O–H groups in total. The number of hydrogen-bond donors (Lipinski definition) is 0. The molecule has 0 heteroatoms. The van der Waals surface area contributed by atoms with E-state index in [-0.39, 0.29) is 0 Å². The Bertz CT molecular complexity index is 964. The average molecular weight is 489 g/mol. The maximum absolute atomic E-state index is 2.87. The van der Waals surface area contributed by atoms with Crippen LogP contribution in [0.5, 0.6) is 0 Å². The second-order valence-electron chi connectivity index (χ2n) is 19.4. The minimum atomic E-state index is 0.461. The molecule has 7 unspecified atom stereocenters. The van der Waals surface area contributed by atoms with Crippen molar-refractivity contribution in [1.29, 1.82) is 0 Å². The quantitative estimate of drug-likeness (QED) is 0.363. The SMILES string of the molecule is CC12CC3CC(C)(C1(C)C)C(C)(C)C(C14CC5CC(CC(C5)C1C15CC6CC(CC(C6)C1)C5)C4)(C3)C2. The predicted molar refractivity (Wildman–Crippen MR) is 148 cm³/mol. The van der Waals surface area contributed by atoms with Crippen LogP contribution in [0.25, 0.3) is 0 Å². The van der Waals surface area contributed by atoms with Crippen LogP contribution in [0.4, 0.5) is 0 Å². The highest BCUT2D eigenvalue weighted by Crippen LogP contribution is 2.90. The van der Waals surface area contributed by atoms with Gasteiger partial charge in [0.05, 0.1) is 0 Å². The summed E-state index contributed by atoms with van der Waals surface area (Å²) in [7, 11) is 0. The van der Waals surface area contributed by atoms with Crippen LogP contribution in [-0.2, 0) is 0 Å². The van der Waals surface area contributed by atoms with E-state index in [1.54, 1.807) is 89.9 Å². The van der Waals surface area contributed by atoms with E-state index in [0.717, 1.165) is 52.8 Å². The van der Waals surface area contributed by atoms with Crippen LogP contribution in [0.2, 0.25) is 0 Å². The second-order valence-corrected chi connectivity index (χ2v) is 19.4. The van der Waals surface area contributed by atoms with E-state index in [1.165, 1.54) is 6.42 Å². The van der Waals surface area contributed by atoms with Crippen LogP contribution in [0, 0.1) is 85.2 Å². The van der Waals surface area contributed by atoms with Crippen LogP contribution in [0.1, 0.15) is 138 Å². The summed E-state index contributed by atoms with van der Waals surface area (Å²) in [5.74, 6) is 8.73. The fourth-order valence-corrected chi connectivity index (χ4v) is 17.5. The van der Waals surface area contributed by atoms with E-state index in [9.17, 15) is 0 Å². The van der Waals surface area contributed by atoms with E-state index >= 15 is 0 Å². The Morgan fingerprint density at radius 2 is 1.00 bits per heavy atom. The molecule has 0 nitrogen and oxygen atoms in total. The molecule has 0 saturated heterocycles. The molecule has 7 atom stereocenters. The first kappa shape index (κ1) is 22.8. The van der Waals surface area contributed by atoms with Gasteiger partial charge in [-0.2, -0.15) is 0 Å². The van der Waals surface area contributed by atoms with Gasteiger partial charge in [0.1, 0.15) is 0 Å². The zero-order valence-electron chi connectivity index (χ0n) is 24.7. The van der Waals surface area contributed by atoms with Crippen molar-refractivity contribution in [1.82, 2.24) is 0 Å². The maximum Gasteiger partial charge on any atom is -0.0173 e. The van der Waals surface area contributed by atoms with Crippen LogP contribution in [-0.4, -0.2) is 0 Å². The van der Waals surface area contributed by atoms with Crippen molar-refractivity contribution >= 4 is 0 Å². The van der Waals surface area contributed by atoms with Crippen molar-refractivity contribution in [3.05, 3.63) is 0 Å². The number of hydrogen-bond acceptors (Lipinski definition) is 0. The lowest BCUT2D eigenvalue weighted by Crippen LogP contribution is -2.79. The molecular weight excluding hydrogens is 432 g/mol. The molecular formula is C36H56. The van der Waals surface area contributed by atoms with E-state index in [2.05, 4.69) is 41.5 Å². The Kier molecular flexibility index (Phi) is 3.90. The van der Waals surface area contributed by atoms with Crippen molar-refractivity contribution in [2.24, 2.45) is 85.2 Å². The zero-order valence-corrected chi connectivity index (χ0v) is 24.7. The molecule has 0 aliphatic heterocycles. The van der Waals surface area contributed by atoms with Crippen LogP contribution < -0.4 is 0 Å². The molecule has 0 heterocycles. The molecule has 36 heavy (non-hydrogen) atoms. The first-order chi connectivity index (χ1) is 16.9. The highest BCUT2D eigenvalue weighted by atomic mass is 14.9. The zero-order chi connectivity index (χ0) is 24.7. The van der Waals surface area contributed by atoms with E-state index in [4.69, 9.17) is 0 Å². The van der Waals surface area contributed by atoms with Crippen molar-refractivity contribution in [3.63, 3.8) is 0 Å². The minimum absolute atomic E-state index is 0.461. The third kappa shape index (κ3) is 2.16. The van der Waals surface area contributed by atoms with Gasteiger partial charge in [0.15, 0.2) is 0 Å². The molecule has 0 amide bonds. The Morgan fingerprint density at radius 1 is 0.472 bits per heavy atom. The smallest absolute Gasteiger partial charge is 0.0173 e. The van der Waals surface area contributed by atoms with Crippen LogP contribution in [0.15, 0.2) is 0 Å². The van der Waals surface area contributed by atoms with Crippen LogP contribution in [0.3, 0.4) is 0 Å². The molecule has 0 aromatic heterocycles. The molecule has 0 radical (unpaired) electrons. The Morgan fingerprint density at radius 3 is 1.56 bits per heavy atom. The van der Waals surface area contributed by atoms with Gasteiger partial charge in [-0.25, -0.2) is 0 Å². The molecule has 12 aliphatic rings. The van der Waals surface area contributed by atoms with E-state index in [0.29, 0.717) is 32.5 Å². The van der Waals surface area contributed by atoms with Crippen molar-refractivity contribution in [2.75, 3.05) is 0 Å². The predicted octanol–water partition coefficient (Wildman–Crippen LogP) is 9.91. The summed E-state index contributed by atoms with van der Waals surface area (Å²) in [5, 5.41) is 0. The van der Waals surface area contributed by atoms with Crippen LogP contribution >= 0.6 is 0 Å². The molecule has 200 valence electrons. The van der Waals surface area contributed by atoms with E-state index < -0.39 is 0 Å². The lowest BCUT2D eigenvalue weighted by molar-refractivity contribution is -0.377. The standard InChI is InChI=1S/C36H56/c1-30(2)32(5)13-27-14-33(30,6)31(3,4)36(20-27,21-32)35-18-25-10-26(19-35)12-28(11-25)29(35)34-15-22-7-23(16-34)9-24(8-22)17-34/h22-29H,7-21H2,1-6H3. The summed E-state index contributed by atoms with van der Waals surface area (Å²) in [6.45, 7) is 16.8. The summed E-state index contributed by atoms with van der Waals surface area (Å²) in [6.07, 6.45) is 24.4. The largest absolute Gasteiger partial charge is 0.0591 e. The normalized spacial score (nSPS) is 66.5. The molecule has 12 aliphatic carbocycles. The molecule has 12 rings (SSSR count). The molecule has 12 bridgehead atoms. The highest BCUT2D eigenvalue weighted by Gasteiger charge is 2.82. The minimum Gasteiger partial charge on any atom is -0.0591 e. The first-order valence-corrected chi connectivity index (χ1v) is 16.9. The van der Waals surface area contributed by atoms with Gasteiger partial charge in [-0.1, -0.05) is 41.5 Å². The van der Waals surface area contributed by atoms with E-state index in [1.807, 2.05) is 0 Å². The summed E-state index contributed by atoms with van der Waals surface area (Å²) in [5.41, 5.74) is 3.99. The van der Waals surface area contributed by atoms with Crippen molar-refractivity contribution in [3.8, 4) is 0 Å². The van der Waals surface area contributed by atoms with Gasteiger partial charge in [0.25, 0.3) is 0 Å². The first-order valence-electron chi connectivity index (χ1n) is 16.9. The summed E-state index contributed by atoms with van der Waals surface area (Å²) < 4.78 is 0. The average Bonchev–Trinajstić information content (AvgIpc) is 2.74. The maximum atomic E-state index is 2.87. The van der Waals surface area contributed by atoms with Gasteiger partial charge in [-0.05, 0) is 182 Å². The van der Waals surface area contributed by atoms with Gasteiger partial charge < -0.3 is 0 Å². The van der Waals surface area contributed by atoms with Gasteiger partial charge in [0.2, 0.25) is 0 Å². The summed E-state index contributed by atoms with van der Waals surface area (Å²) in [4.78, 5) is 0. The molecule has 0 aromatic carbocycles. The fraction of sp³-hybridized carbons (Fsp3) is 1.00. The Balaban J connectivity index is 1.27. The lowest BCUT2D eigenvalue weighted by atomic mass is 9.18. The highest BCUT2D eigenvalue weighted by molar-refractivity contribution is 5.31. The fourth-order valence-electron chi connectivity index (χ4n) is 17.5. The van der Waals surface area contributed by atoms with Gasteiger partial charge >= 0.3 is 0 Å². The summed E-state index contributed by atoms with van der Waals surface area (Å²) >= 11 is 0. The van der Waals surface area contributed by atoms with Gasteiger partial charge in [-0.3, -0.25) is 0 Å². The monoisotopic (exact) mass is 488 g/mol. The third-order valence-electron chi connectivity index (χ3n) is 18.2. The third-order valence-corrected chi connectivity index (χ3v) is 18.2. The van der Waals surface area contributed by atoms with Gasteiger partial charge in [0, 0.05) is 0 Å². The summed E-state index contributed by atoms with van der Waals surface area (Å²) in [6, 6.07) is 0.